The molecule has 0 aliphatic rings. The Labute approximate surface area is 190 Å². The van der Waals surface area contributed by atoms with Gasteiger partial charge in [-0.3, -0.25) is 0 Å². The van der Waals surface area contributed by atoms with Crippen molar-refractivity contribution in [2.75, 3.05) is 0 Å². The van der Waals surface area contributed by atoms with Crippen LogP contribution in [0.4, 0.5) is 4.79 Å². The Morgan fingerprint density at radius 2 is 1.56 bits per heavy atom. The molecular weight excluding hydrogens is 402 g/mol. The highest BCUT2D eigenvalue weighted by Gasteiger charge is 2.29. The summed E-state index contributed by atoms with van der Waals surface area (Å²) in [6, 6.07) is 11.7. The van der Waals surface area contributed by atoms with Gasteiger partial charge in [0, 0.05) is 0 Å². The van der Waals surface area contributed by atoms with Crippen LogP contribution in [0.3, 0.4) is 0 Å². The molecule has 0 fully saturated rings. The van der Waals surface area contributed by atoms with Gasteiger partial charge < -0.3 is 9.47 Å². The molecule has 1 heterocycles. The van der Waals surface area contributed by atoms with E-state index in [-0.39, 0.29) is 10.8 Å². The Bertz CT molecular complexity index is 1130. The average molecular weight is 438 g/mol. The first-order valence-corrected chi connectivity index (χ1v) is 11.0. The molecule has 172 valence electrons. The fourth-order valence-corrected chi connectivity index (χ4v) is 4.10. The first-order chi connectivity index (χ1) is 14.6. The van der Waals surface area contributed by atoms with Crippen LogP contribution in [0.1, 0.15) is 72.9 Å². The summed E-state index contributed by atoms with van der Waals surface area (Å²) < 4.78 is 11.0. The van der Waals surface area contributed by atoms with E-state index in [4.69, 9.17) is 9.47 Å². The third kappa shape index (κ3) is 5.87. The Balaban J connectivity index is 2.09. The van der Waals surface area contributed by atoms with Crippen molar-refractivity contribution >= 4 is 17.2 Å². The van der Waals surface area contributed by atoms with E-state index in [0.29, 0.717) is 11.4 Å². The highest BCUT2D eigenvalue weighted by Crippen LogP contribution is 2.38. The third-order valence-electron chi connectivity index (χ3n) is 5.05. The summed E-state index contributed by atoms with van der Waals surface area (Å²) in [6.45, 7) is 18.6. The van der Waals surface area contributed by atoms with E-state index in [1.165, 1.54) is 0 Å². The van der Waals surface area contributed by atoms with Crippen molar-refractivity contribution in [3.63, 3.8) is 0 Å². The van der Waals surface area contributed by atoms with Gasteiger partial charge in [0.2, 0.25) is 0 Å². The number of ether oxygens (including phenoxy) is 2. The van der Waals surface area contributed by atoms with Crippen LogP contribution in [0.25, 0.3) is 16.7 Å². The van der Waals surface area contributed by atoms with E-state index in [0.717, 1.165) is 28.6 Å². The first-order valence-electron chi connectivity index (χ1n) is 11.0. The first kappa shape index (κ1) is 23.8. The number of fused-ring (bicyclic) bond motifs is 1. The molecule has 32 heavy (non-hydrogen) atoms. The standard InChI is InChI=1S/C26H35N3O3/c1-17-10-12-19-20(14-17)28-29(27-19)21-15-18(26(8,9)16-24(2,3)4)11-13-22(21)31-23(30)32-25(5,6)7/h10-15H,16H2,1-9H3. The monoisotopic (exact) mass is 437 g/mol. The Kier molecular flexibility index (Phi) is 6.11. The van der Waals surface area contributed by atoms with Crippen molar-refractivity contribution < 1.29 is 14.3 Å². The normalized spacial score (nSPS) is 12.8. The summed E-state index contributed by atoms with van der Waals surface area (Å²) in [7, 11) is 0. The number of rotatable bonds is 4. The van der Waals surface area contributed by atoms with Gasteiger partial charge in [-0.25, -0.2) is 4.79 Å². The molecule has 0 aliphatic carbocycles. The van der Waals surface area contributed by atoms with E-state index in [2.05, 4.69) is 44.8 Å². The quantitative estimate of drug-likeness (QED) is 0.333. The summed E-state index contributed by atoms with van der Waals surface area (Å²) in [6.07, 6.45) is 0.229. The number of aromatic nitrogens is 3. The fraction of sp³-hybridized carbons (Fsp3) is 0.500. The predicted molar refractivity (Wildman–Crippen MR) is 128 cm³/mol. The van der Waals surface area contributed by atoms with Crippen LogP contribution in [0.2, 0.25) is 0 Å². The summed E-state index contributed by atoms with van der Waals surface area (Å²) in [4.78, 5) is 13.9. The second kappa shape index (κ2) is 8.23. The van der Waals surface area contributed by atoms with Gasteiger partial charge in [0.15, 0.2) is 5.75 Å². The van der Waals surface area contributed by atoms with E-state index in [1.807, 2.05) is 37.3 Å². The van der Waals surface area contributed by atoms with E-state index >= 15 is 0 Å². The van der Waals surface area contributed by atoms with Crippen LogP contribution in [0, 0.1) is 12.3 Å². The molecule has 3 rings (SSSR count). The maximum atomic E-state index is 12.4. The number of hydrogen-bond acceptors (Lipinski definition) is 5. The third-order valence-corrected chi connectivity index (χ3v) is 5.05. The zero-order valence-corrected chi connectivity index (χ0v) is 20.7. The maximum absolute atomic E-state index is 12.4. The molecule has 0 atom stereocenters. The lowest BCUT2D eigenvalue weighted by Gasteiger charge is -2.33. The Morgan fingerprint density at radius 1 is 0.906 bits per heavy atom. The molecule has 0 unspecified atom stereocenters. The highest BCUT2D eigenvalue weighted by atomic mass is 16.7. The molecule has 3 aromatic rings. The van der Waals surface area contributed by atoms with Crippen molar-refractivity contribution in [2.45, 2.75) is 79.8 Å². The van der Waals surface area contributed by atoms with Crippen LogP contribution in [-0.4, -0.2) is 26.8 Å². The maximum Gasteiger partial charge on any atom is 0.514 e. The highest BCUT2D eigenvalue weighted by molar-refractivity contribution is 5.75. The number of aryl methyl sites for hydroxylation is 1. The van der Waals surface area contributed by atoms with Gasteiger partial charge in [-0.05, 0) is 80.3 Å². The molecule has 2 aromatic carbocycles. The topological polar surface area (TPSA) is 66.2 Å². The SMILES string of the molecule is Cc1ccc2nn(-c3cc(C(C)(C)CC(C)(C)C)ccc3OC(=O)OC(C)(C)C)nc2c1. The van der Waals surface area contributed by atoms with E-state index < -0.39 is 11.8 Å². The molecule has 1 aromatic heterocycles. The zero-order chi connectivity index (χ0) is 23.9. The van der Waals surface area contributed by atoms with Gasteiger partial charge in [0.05, 0.1) is 0 Å². The van der Waals surface area contributed by atoms with Crippen molar-refractivity contribution in [3.8, 4) is 11.4 Å². The molecule has 0 radical (unpaired) electrons. The lowest BCUT2D eigenvalue weighted by molar-refractivity contribution is 0.0205. The minimum Gasteiger partial charge on any atom is -0.428 e. The number of benzene rings is 2. The molecule has 6 nitrogen and oxygen atoms in total. The second-order valence-electron chi connectivity index (χ2n) is 11.4. The molecule has 0 spiro atoms. The van der Waals surface area contributed by atoms with Crippen LogP contribution < -0.4 is 4.74 Å². The molecule has 6 heteroatoms. The Morgan fingerprint density at radius 3 is 2.19 bits per heavy atom. The largest absolute Gasteiger partial charge is 0.514 e. The van der Waals surface area contributed by atoms with E-state index in [9.17, 15) is 4.79 Å². The molecular formula is C26H35N3O3. The lowest BCUT2D eigenvalue weighted by atomic mass is 9.72. The van der Waals surface area contributed by atoms with Gasteiger partial charge >= 0.3 is 6.16 Å². The number of hydrogen-bond donors (Lipinski definition) is 0. The number of carbonyl (C=O) groups is 1. The van der Waals surface area contributed by atoms with Crippen LogP contribution in [-0.2, 0) is 10.2 Å². The number of carbonyl (C=O) groups excluding carboxylic acids is 1. The van der Waals surface area contributed by atoms with Crippen LogP contribution in [0.15, 0.2) is 36.4 Å². The zero-order valence-electron chi connectivity index (χ0n) is 20.7. The smallest absolute Gasteiger partial charge is 0.428 e. The van der Waals surface area contributed by atoms with Gasteiger partial charge in [0.25, 0.3) is 0 Å². The van der Waals surface area contributed by atoms with Crippen molar-refractivity contribution in [1.82, 2.24) is 15.0 Å². The molecule has 0 saturated carbocycles. The van der Waals surface area contributed by atoms with Crippen molar-refractivity contribution in [2.24, 2.45) is 5.41 Å². The lowest BCUT2D eigenvalue weighted by Crippen LogP contribution is -2.27. The van der Waals surface area contributed by atoms with Gasteiger partial charge in [0.1, 0.15) is 22.3 Å². The molecule has 0 saturated heterocycles. The summed E-state index contributed by atoms with van der Waals surface area (Å²) in [5, 5.41) is 9.30. The summed E-state index contributed by atoms with van der Waals surface area (Å²) in [5.74, 6) is 0.353. The molecule has 0 amide bonds. The molecule has 0 N–H and O–H groups in total. The minimum atomic E-state index is -0.756. The van der Waals surface area contributed by atoms with Crippen molar-refractivity contribution in [1.29, 1.82) is 0 Å². The second-order valence-corrected chi connectivity index (χ2v) is 11.4. The average Bonchev–Trinajstić information content (AvgIpc) is 3.01. The minimum absolute atomic E-state index is 0.0966. The van der Waals surface area contributed by atoms with Gasteiger partial charge in [-0.2, -0.15) is 0 Å². The van der Waals surface area contributed by atoms with Gasteiger partial charge in [-0.1, -0.05) is 46.8 Å². The summed E-state index contributed by atoms with van der Waals surface area (Å²) >= 11 is 0. The predicted octanol–water partition coefficient (Wildman–Crippen LogP) is 6.76. The summed E-state index contributed by atoms with van der Waals surface area (Å²) in [5.41, 5.74) is 3.80. The van der Waals surface area contributed by atoms with Crippen LogP contribution in [0.5, 0.6) is 5.75 Å². The van der Waals surface area contributed by atoms with Crippen molar-refractivity contribution in [3.05, 3.63) is 47.5 Å². The number of nitrogens with zero attached hydrogens (tertiary/aromatic N) is 3. The molecule has 0 bridgehead atoms. The molecule has 0 aliphatic heterocycles. The van der Waals surface area contributed by atoms with Crippen LogP contribution >= 0.6 is 0 Å². The Hall–Kier alpha value is -2.89. The van der Waals surface area contributed by atoms with E-state index in [1.54, 1.807) is 31.6 Å². The fourth-order valence-electron chi connectivity index (χ4n) is 4.10. The van der Waals surface area contributed by atoms with Gasteiger partial charge in [-0.15, -0.1) is 15.0 Å².